The Labute approximate surface area is 190 Å². The van der Waals surface area contributed by atoms with Crippen LogP contribution in [-0.4, -0.2) is 8.07 Å². The zero-order chi connectivity index (χ0) is 22.1. The van der Waals surface area contributed by atoms with Crippen molar-refractivity contribution in [3.63, 3.8) is 0 Å². The molecule has 0 aliphatic heterocycles. The average Bonchev–Trinajstić information content (AvgIpc) is 2.80. The van der Waals surface area contributed by atoms with Crippen LogP contribution in [-0.2, 0) is 0 Å². The quantitative estimate of drug-likeness (QED) is 0.135. The van der Waals surface area contributed by atoms with Crippen molar-refractivity contribution in [2.75, 3.05) is 0 Å². The van der Waals surface area contributed by atoms with Gasteiger partial charge in [0, 0.05) is 16.7 Å². The van der Waals surface area contributed by atoms with Gasteiger partial charge in [0.05, 0.1) is 0 Å². The Morgan fingerprint density at radius 2 is 1.00 bits per heavy atom. The van der Waals surface area contributed by atoms with E-state index in [9.17, 15) is 0 Å². The van der Waals surface area contributed by atoms with Gasteiger partial charge in [-0.25, -0.2) is 0 Å². The van der Waals surface area contributed by atoms with E-state index in [2.05, 4.69) is 116 Å². The third kappa shape index (κ3) is 3.92. The smallest absolute Gasteiger partial charge is 0.127 e. The third-order valence-electron chi connectivity index (χ3n) is 5.56. The molecule has 1 heteroatoms. The molecule has 0 aliphatic rings. The Morgan fingerprint density at radius 1 is 0.500 bits per heavy atom. The molecule has 0 radical (unpaired) electrons. The number of hydrogen-bond donors (Lipinski definition) is 0. The molecular weight excluding hydrogens is 400 g/mol. The summed E-state index contributed by atoms with van der Waals surface area (Å²) in [5.41, 5.74) is 6.81. The Hall–Kier alpha value is -3.78. The van der Waals surface area contributed by atoms with E-state index < -0.39 is 8.07 Å². The minimum absolute atomic E-state index is 1.02. The lowest BCUT2D eigenvalue weighted by atomic mass is 9.90. The van der Waals surface area contributed by atoms with Gasteiger partial charge in [0.2, 0.25) is 0 Å². The maximum atomic E-state index is 3.60. The summed E-state index contributed by atoms with van der Waals surface area (Å²) >= 11 is 0. The van der Waals surface area contributed by atoms with Crippen LogP contribution in [0.2, 0.25) is 19.6 Å². The second-order valence-electron chi connectivity index (χ2n) is 9.16. The fourth-order valence-electron chi connectivity index (χ4n) is 4.04. The van der Waals surface area contributed by atoms with Gasteiger partial charge in [-0.15, -0.1) is 5.54 Å². The minimum Gasteiger partial charge on any atom is -0.127 e. The average molecular weight is 425 g/mol. The van der Waals surface area contributed by atoms with Crippen LogP contribution in [0.4, 0.5) is 0 Å². The first-order chi connectivity index (χ1) is 15.5. The van der Waals surface area contributed by atoms with Gasteiger partial charge in [-0.05, 0) is 56.6 Å². The second-order valence-corrected chi connectivity index (χ2v) is 13.9. The van der Waals surface area contributed by atoms with Gasteiger partial charge in [0.25, 0.3) is 0 Å². The normalized spacial score (nSPS) is 11.1. The van der Waals surface area contributed by atoms with Crippen LogP contribution in [0.3, 0.4) is 0 Å². The van der Waals surface area contributed by atoms with Crippen LogP contribution in [0.25, 0.3) is 32.3 Å². The van der Waals surface area contributed by atoms with E-state index in [1.807, 2.05) is 18.2 Å². The summed E-state index contributed by atoms with van der Waals surface area (Å²) in [5.74, 6) is 10.5. The highest BCUT2D eigenvalue weighted by Crippen LogP contribution is 2.35. The van der Waals surface area contributed by atoms with Crippen LogP contribution < -0.4 is 0 Å². The van der Waals surface area contributed by atoms with E-state index in [0.29, 0.717) is 0 Å². The zero-order valence-electron chi connectivity index (χ0n) is 18.7. The van der Waals surface area contributed by atoms with E-state index in [1.54, 1.807) is 0 Å². The first kappa shape index (κ1) is 20.1. The maximum absolute atomic E-state index is 3.60. The molecule has 5 aromatic rings. The molecule has 0 spiro atoms. The van der Waals surface area contributed by atoms with Crippen molar-refractivity contribution in [3.8, 4) is 23.3 Å². The summed E-state index contributed by atoms with van der Waals surface area (Å²) in [6.45, 7) is 6.87. The van der Waals surface area contributed by atoms with Crippen LogP contribution in [0.15, 0.2) is 91.0 Å². The van der Waals surface area contributed by atoms with Crippen molar-refractivity contribution in [2.24, 2.45) is 0 Å². The summed E-state index contributed by atoms with van der Waals surface area (Å²) in [7, 11) is -1.53. The Balaban J connectivity index is 1.93. The first-order valence-corrected chi connectivity index (χ1v) is 14.5. The monoisotopic (exact) mass is 424 g/mol. The predicted octanol–water partition coefficient (Wildman–Crippen LogP) is 7.77. The van der Waals surface area contributed by atoms with Gasteiger partial charge in [0.1, 0.15) is 8.07 Å². The van der Waals surface area contributed by atoms with Crippen LogP contribution in [0, 0.1) is 23.3 Å². The maximum Gasteiger partial charge on any atom is 0.129 e. The molecular formula is C31H24Si. The van der Waals surface area contributed by atoms with Crippen molar-refractivity contribution >= 4 is 40.4 Å². The summed E-state index contributed by atoms with van der Waals surface area (Å²) in [6.07, 6.45) is 0. The Morgan fingerprint density at radius 3 is 1.56 bits per heavy atom. The second kappa shape index (κ2) is 8.05. The van der Waals surface area contributed by atoms with Gasteiger partial charge in [-0.3, -0.25) is 0 Å². The lowest BCUT2D eigenvalue weighted by Gasteiger charge is -2.13. The molecule has 0 heterocycles. The van der Waals surface area contributed by atoms with Gasteiger partial charge in [0.15, 0.2) is 0 Å². The van der Waals surface area contributed by atoms with Gasteiger partial charge in [-0.1, -0.05) is 104 Å². The molecule has 5 aromatic carbocycles. The number of hydrogen-bond acceptors (Lipinski definition) is 0. The lowest BCUT2D eigenvalue weighted by molar-refractivity contribution is 1.65. The van der Waals surface area contributed by atoms with Crippen molar-refractivity contribution in [1.82, 2.24) is 0 Å². The summed E-state index contributed by atoms with van der Waals surface area (Å²) in [5, 5.41) is 7.16. The molecule has 5 rings (SSSR count). The minimum atomic E-state index is -1.53. The molecule has 0 amide bonds. The van der Waals surface area contributed by atoms with Gasteiger partial charge in [-0.2, -0.15) is 0 Å². The molecule has 0 saturated carbocycles. The molecule has 0 aromatic heterocycles. The highest BCUT2D eigenvalue weighted by atomic mass is 28.3. The highest BCUT2D eigenvalue weighted by molar-refractivity contribution is 6.83. The molecule has 0 nitrogen and oxygen atoms in total. The van der Waals surface area contributed by atoms with E-state index in [0.717, 1.165) is 16.7 Å². The number of rotatable bonds is 0. The van der Waals surface area contributed by atoms with Crippen molar-refractivity contribution in [3.05, 3.63) is 108 Å². The van der Waals surface area contributed by atoms with E-state index >= 15 is 0 Å². The number of benzene rings is 5. The molecule has 0 bridgehead atoms. The predicted molar refractivity (Wildman–Crippen MR) is 142 cm³/mol. The molecule has 32 heavy (non-hydrogen) atoms. The van der Waals surface area contributed by atoms with Crippen molar-refractivity contribution in [2.45, 2.75) is 19.6 Å². The van der Waals surface area contributed by atoms with E-state index in [-0.39, 0.29) is 0 Å². The Kier molecular flexibility index (Phi) is 5.06. The van der Waals surface area contributed by atoms with Crippen molar-refractivity contribution < 1.29 is 0 Å². The molecule has 0 aliphatic carbocycles. The Bertz CT molecular complexity index is 1600. The standard InChI is InChI=1S/C31H24Si/c1-32(2,3)20-19-29-27-16-10-9-15-26(27)28(18-17-23-11-5-4-6-12-23)30-21-24-13-7-8-14-25(24)22-31(29)30/h4-16,21-22H,1-3H3. The summed E-state index contributed by atoms with van der Waals surface area (Å²) < 4.78 is 0. The largest absolute Gasteiger partial charge is 0.129 e. The fourth-order valence-corrected chi connectivity index (χ4v) is 4.54. The van der Waals surface area contributed by atoms with Gasteiger partial charge >= 0.3 is 0 Å². The molecule has 0 atom stereocenters. The third-order valence-corrected chi connectivity index (χ3v) is 6.43. The molecule has 0 saturated heterocycles. The van der Waals surface area contributed by atoms with Gasteiger partial charge < -0.3 is 0 Å². The fraction of sp³-hybridized carbons (Fsp3) is 0.0968. The summed E-state index contributed by atoms with van der Waals surface area (Å²) in [6, 6.07) is 31.9. The van der Waals surface area contributed by atoms with Crippen LogP contribution in [0.1, 0.15) is 16.7 Å². The molecule has 0 fully saturated rings. The molecule has 0 unspecified atom stereocenters. The van der Waals surface area contributed by atoms with E-state index in [1.165, 1.54) is 32.3 Å². The SMILES string of the molecule is C[Si](C)(C)C#Cc1c2ccccc2c(C#Cc2ccccc2)c2cc3ccccc3cc12. The van der Waals surface area contributed by atoms with Crippen LogP contribution in [0.5, 0.6) is 0 Å². The lowest BCUT2D eigenvalue weighted by Crippen LogP contribution is -2.16. The highest BCUT2D eigenvalue weighted by Gasteiger charge is 2.14. The zero-order valence-corrected chi connectivity index (χ0v) is 19.7. The molecule has 152 valence electrons. The summed E-state index contributed by atoms with van der Waals surface area (Å²) in [4.78, 5) is 0. The van der Waals surface area contributed by atoms with E-state index in [4.69, 9.17) is 0 Å². The first-order valence-electron chi connectivity index (χ1n) is 11.0. The number of fused-ring (bicyclic) bond motifs is 3. The molecule has 0 N–H and O–H groups in total. The van der Waals surface area contributed by atoms with Crippen molar-refractivity contribution in [1.29, 1.82) is 0 Å². The topological polar surface area (TPSA) is 0 Å². The van der Waals surface area contributed by atoms with Crippen LogP contribution >= 0.6 is 0 Å².